The third kappa shape index (κ3) is 4.62. The van der Waals surface area contributed by atoms with Crippen LogP contribution in [0.2, 0.25) is 0 Å². The Morgan fingerprint density at radius 3 is 2.47 bits per heavy atom. The summed E-state index contributed by atoms with van der Waals surface area (Å²) < 4.78 is 29.5. The van der Waals surface area contributed by atoms with Crippen LogP contribution in [0.15, 0.2) is 75.4 Å². The van der Waals surface area contributed by atoms with E-state index in [-0.39, 0.29) is 10.6 Å². The maximum absolute atomic E-state index is 12.5. The van der Waals surface area contributed by atoms with E-state index in [1.54, 1.807) is 12.1 Å². The summed E-state index contributed by atoms with van der Waals surface area (Å²) in [5, 5.41) is 11.1. The van der Waals surface area contributed by atoms with Crippen LogP contribution in [0, 0.1) is 6.92 Å². The van der Waals surface area contributed by atoms with Gasteiger partial charge in [-0.3, -0.25) is 9.36 Å². The SMILES string of the molecule is Cc1ccc(S(=O)(=O)NC(=O)CSc2nnc(Br)n2-c2ccc(C3CC3)c3ccccc23)cc1. The van der Waals surface area contributed by atoms with E-state index in [4.69, 9.17) is 0 Å². The molecule has 3 aromatic carbocycles. The lowest BCUT2D eigenvalue weighted by atomic mass is 9.99. The normalized spacial score (nSPS) is 13.8. The van der Waals surface area contributed by atoms with Crippen LogP contribution in [-0.2, 0) is 14.8 Å². The molecule has 0 atom stereocenters. The summed E-state index contributed by atoms with van der Waals surface area (Å²) in [5.41, 5.74) is 3.17. The first-order valence-electron chi connectivity index (χ1n) is 10.7. The Bertz CT molecular complexity index is 1500. The number of carbonyl (C=O) groups excluding carboxylic acids is 1. The summed E-state index contributed by atoms with van der Waals surface area (Å²) in [6, 6.07) is 18.8. The molecule has 1 aliphatic carbocycles. The minimum Gasteiger partial charge on any atom is -0.273 e. The third-order valence-corrected chi connectivity index (χ3v) is 8.53. The van der Waals surface area contributed by atoms with Crippen LogP contribution in [0.3, 0.4) is 0 Å². The van der Waals surface area contributed by atoms with Crippen molar-refractivity contribution in [1.29, 1.82) is 0 Å². The van der Waals surface area contributed by atoms with Gasteiger partial charge in [-0.15, -0.1) is 10.2 Å². The van der Waals surface area contributed by atoms with Crippen LogP contribution in [0.4, 0.5) is 0 Å². The van der Waals surface area contributed by atoms with Gasteiger partial charge in [0.25, 0.3) is 10.0 Å². The van der Waals surface area contributed by atoms with Crippen LogP contribution < -0.4 is 4.72 Å². The fraction of sp³-hybridized carbons (Fsp3) is 0.208. The Morgan fingerprint density at radius 1 is 1.06 bits per heavy atom. The molecule has 1 aromatic heterocycles. The van der Waals surface area contributed by atoms with Crippen molar-refractivity contribution in [3.8, 4) is 5.69 Å². The van der Waals surface area contributed by atoms with Gasteiger partial charge in [-0.25, -0.2) is 13.1 Å². The van der Waals surface area contributed by atoms with Crippen LogP contribution in [0.5, 0.6) is 0 Å². The van der Waals surface area contributed by atoms with Gasteiger partial charge in [0.1, 0.15) is 0 Å². The zero-order chi connectivity index (χ0) is 23.9. The van der Waals surface area contributed by atoms with Crippen molar-refractivity contribution in [2.45, 2.75) is 35.7 Å². The van der Waals surface area contributed by atoms with Crippen molar-refractivity contribution in [3.63, 3.8) is 0 Å². The number of halogens is 1. The molecule has 1 saturated carbocycles. The first-order chi connectivity index (χ1) is 16.3. The molecule has 1 N–H and O–H groups in total. The van der Waals surface area contributed by atoms with Crippen molar-refractivity contribution in [1.82, 2.24) is 19.5 Å². The summed E-state index contributed by atoms with van der Waals surface area (Å²) in [7, 11) is -3.94. The van der Waals surface area contributed by atoms with Crippen LogP contribution in [-0.4, -0.2) is 34.8 Å². The Balaban J connectivity index is 1.38. The lowest BCUT2D eigenvalue weighted by Gasteiger charge is -2.14. The van der Waals surface area contributed by atoms with Gasteiger partial charge in [-0.1, -0.05) is 59.8 Å². The van der Waals surface area contributed by atoms with E-state index in [2.05, 4.69) is 55.1 Å². The zero-order valence-electron chi connectivity index (χ0n) is 18.2. The molecule has 10 heteroatoms. The van der Waals surface area contributed by atoms with Crippen molar-refractivity contribution >= 4 is 54.4 Å². The van der Waals surface area contributed by atoms with Gasteiger partial charge in [-0.2, -0.15) is 0 Å². The Labute approximate surface area is 210 Å². The molecule has 1 heterocycles. The van der Waals surface area contributed by atoms with Gasteiger partial charge in [-0.05, 0) is 70.8 Å². The van der Waals surface area contributed by atoms with Crippen molar-refractivity contribution in [3.05, 3.63) is 76.5 Å². The molecule has 0 saturated heterocycles. The van der Waals surface area contributed by atoms with Crippen molar-refractivity contribution in [2.24, 2.45) is 0 Å². The quantitative estimate of drug-likeness (QED) is 0.323. The van der Waals surface area contributed by atoms with E-state index in [1.165, 1.54) is 35.9 Å². The second-order valence-corrected chi connectivity index (χ2v) is 11.5. The molecule has 0 radical (unpaired) electrons. The van der Waals surface area contributed by atoms with E-state index >= 15 is 0 Å². The summed E-state index contributed by atoms with van der Waals surface area (Å²) in [5.74, 6) is -0.157. The van der Waals surface area contributed by atoms with Crippen molar-refractivity contribution in [2.75, 3.05) is 5.75 Å². The van der Waals surface area contributed by atoms with E-state index in [1.807, 2.05) is 23.6 Å². The van der Waals surface area contributed by atoms with E-state index in [0.29, 0.717) is 15.8 Å². The monoisotopic (exact) mass is 556 g/mol. The van der Waals surface area contributed by atoms with Gasteiger partial charge >= 0.3 is 0 Å². The molecule has 0 spiro atoms. The van der Waals surface area contributed by atoms with Crippen LogP contribution in [0.1, 0.15) is 29.9 Å². The van der Waals surface area contributed by atoms with Gasteiger partial charge in [0.15, 0.2) is 5.16 Å². The standard InChI is InChI=1S/C24H21BrN4O3S2/c1-15-6-10-17(11-7-15)34(31,32)28-22(30)14-33-24-27-26-23(25)29(24)21-13-12-18(16-8-9-16)19-4-2-3-5-20(19)21/h2-7,10-13,16H,8-9,14H2,1H3,(H,28,30). The number of amides is 1. The number of hydrogen-bond donors (Lipinski definition) is 1. The smallest absolute Gasteiger partial charge is 0.264 e. The molecule has 7 nitrogen and oxygen atoms in total. The number of hydrogen-bond acceptors (Lipinski definition) is 6. The lowest BCUT2D eigenvalue weighted by molar-refractivity contribution is -0.116. The van der Waals surface area contributed by atoms with Crippen LogP contribution in [0.25, 0.3) is 16.5 Å². The lowest BCUT2D eigenvalue weighted by Crippen LogP contribution is -2.32. The average Bonchev–Trinajstić information content (AvgIpc) is 3.59. The third-order valence-electron chi connectivity index (χ3n) is 5.70. The number of benzene rings is 3. The number of sulfonamides is 1. The topological polar surface area (TPSA) is 93.9 Å². The number of aryl methyl sites for hydroxylation is 1. The Hall–Kier alpha value is -2.69. The molecular formula is C24H21BrN4O3S2. The maximum atomic E-state index is 12.5. The maximum Gasteiger partial charge on any atom is 0.264 e. The molecule has 0 aliphatic heterocycles. The van der Waals surface area contributed by atoms with Gasteiger partial charge in [0.2, 0.25) is 10.6 Å². The summed E-state index contributed by atoms with van der Waals surface area (Å²) >= 11 is 4.59. The minimum absolute atomic E-state index is 0.0459. The number of aromatic nitrogens is 3. The van der Waals surface area contributed by atoms with Gasteiger partial charge in [0.05, 0.1) is 16.3 Å². The minimum atomic E-state index is -3.94. The van der Waals surface area contributed by atoms with Gasteiger partial charge in [0, 0.05) is 5.39 Å². The average molecular weight is 557 g/mol. The molecule has 34 heavy (non-hydrogen) atoms. The Kier molecular flexibility index (Phi) is 6.22. The highest BCUT2D eigenvalue weighted by molar-refractivity contribution is 9.10. The predicted octanol–water partition coefficient (Wildman–Crippen LogP) is 4.97. The summed E-state index contributed by atoms with van der Waals surface area (Å²) in [6.07, 6.45) is 2.42. The van der Waals surface area contributed by atoms with Gasteiger partial charge < -0.3 is 0 Å². The highest BCUT2D eigenvalue weighted by atomic mass is 79.9. The zero-order valence-corrected chi connectivity index (χ0v) is 21.5. The molecule has 0 unspecified atom stereocenters. The Morgan fingerprint density at radius 2 is 1.76 bits per heavy atom. The number of nitrogens with one attached hydrogen (secondary N) is 1. The fourth-order valence-corrected chi connectivity index (χ4v) is 6.26. The predicted molar refractivity (Wildman–Crippen MR) is 136 cm³/mol. The summed E-state index contributed by atoms with van der Waals surface area (Å²) in [4.78, 5) is 12.5. The molecule has 0 bridgehead atoms. The number of nitrogens with zero attached hydrogens (tertiary/aromatic N) is 3. The number of carbonyl (C=O) groups is 1. The molecule has 1 aliphatic rings. The largest absolute Gasteiger partial charge is 0.273 e. The molecule has 1 fully saturated rings. The highest BCUT2D eigenvalue weighted by Crippen LogP contribution is 2.44. The molecule has 1 amide bonds. The second-order valence-electron chi connectivity index (χ2n) is 8.21. The summed E-state index contributed by atoms with van der Waals surface area (Å²) in [6.45, 7) is 1.86. The molecule has 174 valence electrons. The van der Waals surface area contributed by atoms with E-state index < -0.39 is 15.9 Å². The van der Waals surface area contributed by atoms with E-state index in [9.17, 15) is 13.2 Å². The second kappa shape index (κ2) is 9.16. The van der Waals surface area contributed by atoms with E-state index in [0.717, 1.165) is 28.4 Å². The van der Waals surface area contributed by atoms with Crippen LogP contribution >= 0.6 is 27.7 Å². The highest BCUT2D eigenvalue weighted by Gasteiger charge is 2.26. The molecule has 5 rings (SSSR count). The van der Waals surface area contributed by atoms with Crippen molar-refractivity contribution < 1.29 is 13.2 Å². The molecular weight excluding hydrogens is 536 g/mol. The first kappa shape index (κ1) is 23.1. The number of rotatable bonds is 7. The fourth-order valence-electron chi connectivity index (χ4n) is 3.89. The number of thioether (sulfide) groups is 1. The molecule has 4 aromatic rings. The number of fused-ring (bicyclic) bond motifs is 1. The first-order valence-corrected chi connectivity index (χ1v) is 14.0.